The van der Waals surface area contributed by atoms with Crippen LogP contribution in [0.3, 0.4) is 0 Å². The third-order valence-corrected chi connectivity index (χ3v) is 3.70. The molecule has 3 rings (SSSR count). The van der Waals surface area contributed by atoms with Crippen LogP contribution in [0, 0.1) is 11.8 Å². The Bertz CT molecular complexity index is 518. The standard InChI is InChI=1S/C14H15NO4/c1-15-13(16)8-4-2-3-5-10(8)19-14(17)11-9-6-7-18-12(9)11/h2-5,9,11-12H,6-7H2,1H3,(H,15,16)/t9-,11-,12-/m0/s1. The van der Waals surface area contributed by atoms with Crippen LogP contribution < -0.4 is 10.1 Å². The molecule has 1 saturated heterocycles. The number of carbonyl (C=O) groups is 2. The first kappa shape index (κ1) is 12.2. The fourth-order valence-electron chi connectivity index (χ4n) is 2.62. The van der Waals surface area contributed by atoms with Crippen molar-refractivity contribution in [2.45, 2.75) is 12.5 Å². The van der Waals surface area contributed by atoms with E-state index in [1.807, 2.05) is 0 Å². The van der Waals surface area contributed by atoms with Crippen molar-refractivity contribution in [3.8, 4) is 5.75 Å². The van der Waals surface area contributed by atoms with E-state index in [4.69, 9.17) is 9.47 Å². The summed E-state index contributed by atoms with van der Waals surface area (Å²) in [6.07, 6.45) is 0.946. The van der Waals surface area contributed by atoms with Crippen LogP contribution in [0.4, 0.5) is 0 Å². The Balaban J connectivity index is 1.73. The van der Waals surface area contributed by atoms with Crippen LogP contribution in [0.5, 0.6) is 5.75 Å². The molecule has 2 fully saturated rings. The Kier molecular flexibility index (Phi) is 2.98. The third-order valence-electron chi connectivity index (χ3n) is 3.70. The van der Waals surface area contributed by atoms with E-state index in [0.717, 1.165) is 13.0 Å². The van der Waals surface area contributed by atoms with Crippen LogP contribution >= 0.6 is 0 Å². The summed E-state index contributed by atoms with van der Waals surface area (Å²) >= 11 is 0. The maximum atomic E-state index is 12.0. The van der Waals surface area contributed by atoms with E-state index in [2.05, 4.69) is 5.32 Å². The average Bonchev–Trinajstić information content (AvgIpc) is 2.92. The Hall–Kier alpha value is -1.88. The van der Waals surface area contributed by atoms with Gasteiger partial charge in [0.2, 0.25) is 0 Å². The van der Waals surface area contributed by atoms with Crippen molar-refractivity contribution in [2.24, 2.45) is 11.8 Å². The van der Waals surface area contributed by atoms with Crippen LogP contribution in [-0.2, 0) is 9.53 Å². The zero-order chi connectivity index (χ0) is 13.4. The van der Waals surface area contributed by atoms with Crippen LogP contribution in [-0.4, -0.2) is 31.6 Å². The first-order valence-corrected chi connectivity index (χ1v) is 6.37. The van der Waals surface area contributed by atoms with Gasteiger partial charge in [-0.05, 0) is 18.6 Å². The van der Waals surface area contributed by atoms with Gasteiger partial charge >= 0.3 is 5.97 Å². The van der Waals surface area contributed by atoms with Gasteiger partial charge in [-0.2, -0.15) is 0 Å². The average molecular weight is 261 g/mol. The van der Waals surface area contributed by atoms with E-state index in [-0.39, 0.29) is 23.9 Å². The second kappa shape index (κ2) is 4.66. The van der Waals surface area contributed by atoms with E-state index in [1.165, 1.54) is 0 Å². The van der Waals surface area contributed by atoms with Crippen molar-refractivity contribution < 1.29 is 19.1 Å². The quantitative estimate of drug-likeness (QED) is 0.651. The molecule has 19 heavy (non-hydrogen) atoms. The SMILES string of the molecule is CNC(=O)c1ccccc1OC(=O)[C@H]1[C@@H]2CCO[C@@H]21. The predicted molar refractivity (Wildman–Crippen MR) is 66.8 cm³/mol. The minimum Gasteiger partial charge on any atom is -0.425 e. The minimum atomic E-state index is -0.300. The molecule has 1 aromatic carbocycles. The van der Waals surface area contributed by atoms with Crippen LogP contribution in [0.2, 0.25) is 0 Å². The first-order chi connectivity index (χ1) is 9.22. The number of benzene rings is 1. The first-order valence-electron chi connectivity index (χ1n) is 6.37. The van der Waals surface area contributed by atoms with E-state index < -0.39 is 0 Å². The molecule has 1 aliphatic carbocycles. The van der Waals surface area contributed by atoms with Crippen LogP contribution in [0.1, 0.15) is 16.8 Å². The molecule has 1 heterocycles. The summed E-state index contributed by atoms with van der Waals surface area (Å²) < 4.78 is 10.8. The molecule has 0 spiro atoms. The molecule has 5 nitrogen and oxygen atoms in total. The van der Waals surface area contributed by atoms with Gasteiger partial charge in [0, 0.05) is 19.6 Å². The monoisotopic (exact) mass is 261 g/mol. The minimum absolute atomic E-state index is 0.0275. The fourth-order valence-corrected chi connectivity index (χ4v) is 2.62. The highest BCUT2D eigenvalue weighted by Gasteiger charge is 2.59. The smallest absolute Gasteiger partial charge is 0.317 e. The molecule has 1 aromatic rings. The van der Waals surface area contributed by atoms with E-state index >= 15 is 0 Å². The van der Waals surface area contributed by atoms with Crippen molar-refractivity contribution in [3.05, 3.63) is 29.8 Å². The van der Waals surface area contributed by atoms with Crippen molar-refractivity contribution >= 4 is 11.9 Å². The predicted octanol–water partition coefficient (Wildman–Crippen LogP) is 0.986. The van der Waals surface area contributed by atoms with Crippen LogP contribution in [0.15, 0.2) is 24.3 Å². The lowest BCUT2D eigenvalue weighted by atomic mass is 10.2. The molecule has 3 atom stereocenters. The summed E-state index contributed by atoms with van der Waals surface area (Å²) in [5, 5.41) is 2.52. The van der Waals surface area contributed by atoms with Gasteiger partial charge in [-0.15, -0.1) is 0 Å². The topological polar surface area (TPSA) is 64.6 Å². The van der Waals surface area contributed by atoms with Gasteiger partial charge in [0.1, 0.15) is 5.75 Å². The van der Waals surface area contributed by atoms with Gasteiger partial charge in [-0.3, -0.25) is 9.59 Å². The van der Waals surface area contributed by atoms with Gasteiger partial charge in [0.05, 0.1) is 17.6 Å². The summed E-state index contributed by atoms with van der Waals surface area (Å²) in [6.45, 7) is 0.730. The lowest BCUT2D eigenvalue weighted by Gasteiger charge is -2.09. The zero-order valence-electron chi connectivity index (χ0n) is 10.6. The molecule has 1 saturated carbocycles. The summed E-state index contributed by atoms with van der Waals surface area (Å²) in [5.74, 6) is -0.121. The summed E-state index contributed by atoms with van der Waals surface area (Å²) in [4.78, 5) is 23.7. The number of ether oxygens (including phenoxy) is 2. The van der Waals surface area contributed by atoms with Gasteiger partial charge in [0.25, 0.3) is 5.91 Å². The number of nitrogens with one attached hydrogen (secondary N) is 1. The van der Waals surface area contributed by atoms with Crippen LogP contribution in [0.25, 0.3) is 0 Å². The van der Waals surface area contributed by atoms with E-state index in [0.29, 0.717) is 17.2 Å². The normalized spacial score (nSPS) is 27.5. The fraction of sp³-hybridized carbons (Fsp3) is 0.429. The summed E-state index contributed by atoms with van der Waals surface area (Å²) in [5.41, 5.74) is 0.366. The molecule has 5 heteroatoms. The summed E-state index contributed by atoms with van der Waals surface area (Å²) in [7, 11) is 1.54. The lowest BCUT2D eigenvalue weighted by molar-refractivity contribution is -0.137. The molecule has 0 bridgehead atoms. The summed E-state index contributed by atoms with van der Waals surface area (Å²) in [6, 6.07) is 6.73. The molecule has 1 amide bonds. The van der Waals surface area contributed by atoms with E-state index in [1.54, 1.807) is 31.3 Å². The highest BCUT2D eigenvalue weighted by atomic mass is 16.5. The maximum absolute atomic E-state index is 12.0. The Morgan fingerprint density at radius 3 is 2.84 bits per heavy atom. The lowest BCUT2D eigenvalue weighted by Crippen LogP contribution is -2.21. The second-order valence-electron chi connectivity index (χ2n) is 4.81. The molecule has 1 aliphatic heterocycles. The molecule has 1 N–H and O–H groups in total. The molecule has 0 radical (unpaired) electrons. The number of amides is 1. The second-order valence-corrected chi connectivity index (χ2v) is 4.81. The highest BCUT2D eigenvalue weighted by molar-refractivity contribution is 5.97. The number of esters is 1. The highest BCUT2D eigenvalue weighted by Crippen LogP contribution is 2.49. The molecule has 100 valence electrons. The Labute approximate surface area is 110 Å². The molecule has 0 unspecified atom stereocenters. The van der Waals surface area contributed by atoms with Crippen molar-refractivity contribution in [1.29, 1.82) is 0 Å². The largest absolute Gasteiger partial charge is 0.425 e. The van der Waals surface area contributed by atoms with Gasteiger partial charge < -0.3 is 14.8 Å². The number of rotatable bonds is 3. The van der Waals surface area contributed by atoms with Gasteiger partial charge in [-0.1, -0.05) is 12.1 Å². The number of carbonyl (C=O) groups excluding carboxylic acids is 2. The number of hydrogen-bond donors (Lipinski definition) is 1. The van der Waals surface area contributed by atoms with Crippen molar-refractivity contribution in [1.82, 2.24) is 5.32 Å². The number of fused-ring (bicyclic) bond motifs is 1. The number of para-hydroxylation sites is 1. The third kappa shape index (κ3) is 2.10. The van der Waals surface area contributed by atoms with Gasteiger partial charge in [-0.25, -0.2) is 0 Å². The Morgan fingerprint density at radius 2 is 2.16 bits per heavy atom. The van der Waals surface area contributed by atoms with Crippen molar-refractivity contribution in [2.75, 3.05) is 13.7 Å². The molecular weight excluding hydrogens is 246 g/mol. The zero-order valence-corrected chi connectivity index (χ0v) is 10.6. The maximum Gasteiger partial charge on any atom is 0.317 e. The van der Waals surface area contributed by atoms with Crippen molar-refractivity contribution in [3.63, 3.8) is 0 Å². The molecule has 0 aromatic heterocycles. The Morgan fingerprint density at radius 1 is 1.37 bits per heavy atom. The van der Waals surface area contributed by atoms with Gasteiger partial charge in [0.15, 0.2) is 0 Å². The number of hydrogen-bond acceptors (Lipinski definition) is 4. The molecular formula is C14H15NO4. The van der Waals surface area contributed by atoms with E-state index in [9.17, 15) is 9.59 Å². The molecule has 2 aliphatic rings.